The lowest BCUT2D eigenvalue weighted by Crippen LogP contribution is -2.05. The normalized spacial score (nSPS) is 18.7. The Morgan fingerprint density at radius 1 is 0.962 bits per heavy atom. The number of ether oxygens (including phenoxy) is 1. The van der Waals surface area contributed by atoms with Crippen molar-refractivity contribution < 1.29 is 19.7 Å². The molecule has 0 aromatic carbocycles. The summed E-state index contributed by atoms with van der Waals surface area (Å²) >= 11 is 0. The molecule has 2 N–H and O–H groups in total. The molecular formula is C22H30O4. The molecule has 0 spiro atoms. The Bertz CT molecular complexity index is 591. The average Bonchev–Trinajstić information content (AvgIpc) is 3.35. The fourth-order valence-electron chi connectivity index (χ4n) is 2.30. The van der Waals surface area contributed by atoms with Crippen molar-refractivity contribution in [2.24, 2.45) is 0 Å². The third-order valence-corrected chi connectivity index (χ3v) is 3.78. The minimum atomic E-state index is -0.966. The Kier molecular flexibility index (Phi) is 11.6. The smallest absolute Gasteiger partial charge is 0.328 e. The van der Waals surface area contributed by atoms with Crippen LogP contribution < -0.4 is 0 Å². The van der Waals surface area contributed by atoms with Gasteiger partial charge in [0.1, 0.15) is 0 Å². The largest absolute Gasteiger partial charge is 0.478 e. The fraction of sp³-hybridized carbons (Fsp3) is 0.409. The van der Waals surface area contributed by atoms with Crippen LogP contribution in [0.1, 0.15) is 51.9 Å². The van der Waals surface area contributed by atoms with Gasteiger partial charge in [-0.15, -0.1) is 0 Å². The Balaban J connectivity index is 2.12. The summed E-state index contributed by atoms with van der Waals surface area (Å²) < 4.78 is 5.28. The molecule has 1 saturated heterocycles. The highest BCUT2D eigenvalue weighted by molar-refractivity contribution is 5.80. The van der Waals surface area contributed by atoms with Gasteiger partial charge in [0, 0.05) is 6.08 Å². The van der Waals surface area contributed by atoms with E-state index in [0.717, 1.165) is 49.7 Å². The number of aliphatic hydroxyl groups excluding tert-OH is 1. The number of aliphatic carboxylic acids is 1. The SMILES string of the molecule is CCCCC[C@H](O)CCCC=CC=CC=C1OC1=CC=CC=CC(=O)O. The first-order valence-corrected chi connectivity index (χ1v) is 9.31. The molecule has 0 saturated carbocycles. The van der Waals surface area contributed by atoms with E-state index in [-0.39, 0.29) is 6.10 Å². The number of epoxide rings is 1. The number of allylic oxidation sites excluding steroid dienone is 9. The first-order valence-electron chi connectivity index (χ1n) is 9.31. The molecule has 1 atom stereocenters. The lowest BCUT2D eigenvalue weighted by molar-refractivity contribution is -0.131. The van der Waals surface area contributed by atoms with E-state index in [1.165, 1.54) is 18.9 Å². The van der Waals surface area contributed by atoms with Crippen LogP contribution in [0.15, 0.2) is 72.3 Å². The van der Waals surface area contributed by atoms with E-state index in [2.05, 4.69) is 13.0 Å². The van der Waals surface area contributed by atoms with Crippen LogP contribution >= 0.6 is 0 Å². The van der Waals surface area contributed by atoms with Gasteiger partial charge in [0.15, 0.2) is 11.5 Å². The second-order valence-electron chi connectivity index (χ2n) is 6.14. The van der Waals surface area contributed by atoms with Gasteiger partial charge >= 0.3 is 5.97 Å². The van der Waals surface area contributed by atoms with E-state index in [1.807, 2.05) is 24.3 Å². The Morgan fingerprint density at radius 3 is 2.27 bits per heavy atom. The van der Waals surface area contributed by atoms with E-state index in [1.54, 1.807) is 18.2 Å². The highest BCUT2D eigenvalue weighted by Gasteiger charge is 2.21. The lowest BCUT2D eigenvalue weighted by atomic mass is 10.1. The molecule has 0 aromatic rings. The number of rotatable bonds is 13. The zero-order valence-electron chi connectivity index (χ0n) is 15.5. The topological polar surface area (TPSA) is 70.1 Å². The first-order chi connectivity index (χ1) is 12.6. The average molecular weight is 358 g/mol. The second kappa shape index (κ2) is 13.9. The van der Waals surface area contributed by atoms with Crippen molar-refractivity contribution in [2.75, 3.05) is 0 Å². The molecule has 4 heteroatoms. The van der Waals surface area contributed by atoms with E-state index >= 15 is 0 Å². The molecule has 1 fully saturated rings. The van der Waals surface area contributed by atoms with Crippen LogP contribution in [0.25, 0.3) is 0 Å². The summed E-state index contributed by atoms with van der Waals surface area (Å²) in [6, 6.07) is 0. The van der Waals surface area contributed by atoms with E-state index in [9.17, 15) is 9.90 Å². The Morgan fingerprint density at radius 2 is 1.62 bits per heavy atom. The first kappa shape index (κ1) is 21.7. The van der Waals surface area contributed by atoms with Crippen molar-refractivity contribution in [3.05, 3.63) is 72.3 Å². The third kappa shape index (κ3) is 12.1. The number of hydrogen-bond acceptors (Lipinski definition) is 3. The summed E-state index contributed by atoms with van der Waals surface area (Å²) in [7, 11) is 0. The fourth-order valence-corrected chi connectivity index (χ4v) is 2.30. The molecule has 142 valence electrons. The number of unbranched alkanes of at least 4 members (excludes halogenated alkanes) is 3. The molecule has 26 heavy (non-hydrogen) atoms. The van der Waals surface area contributed by atoms with Crippen molar-refractivity contribution in [1.82, 2.24) is 0 Å². The number of carboxylic acid groups (broad SMARTS) is 1. The lowest BCUT2D eigenvalue weighted by Gasteiger charge is -2.08. The van der Waals surface area contributed by atoms with Crippen LogP contribution in [-0.2, 0) is 9.53 Å². The van der Waals surface area contributed by atoms with Gasteiger partial charge in [0.25, 0.3) is 0 Å². The van der Waals surface area contributed by atoms with Crippen LogP contribution in [0.3, 0.4) is 0 Å². The van der Waals surface area contributed by atoms with E-state index in [0.29, 0.717) is 0 Å². The minimum Gasteiger partial charge on any atom is -0.478 e. The number of carboxylic acids is 1. The highest BCUT2D eigenvalue weighted by Crippen LogP contribution is 2.31. The summed E-state index contributed by atoms with van der Waals surface area (Å²) in [5.74, 6) is 0.638. The summed E-state index contributed by atoms with van der Waals surface area (Å²) in [6.45, 7) is 2.17. The second-order valence-corrected chi connectivity index (χ2v) is 6.14. The molecule has 0 bridgehead atoms. The number of aliphatic hydroxyl groups is 1. The Labute approximate surface area is 156 Å². The van der Waals surface area contributed by atoms with Crippen LogP contribution in [0.4, 0.5) is 0 Å². The third-order valence-electron chi connectivity index (χ3n) is 3.78. The zero-order valence-corrected chi connectivity index (χ0v) is 15.5. The summed E-state index contributed by atoms with van der Waals surface area (Å²) in [5, 5.41) is 18.3. The minimum absolute atomic E-state index is 0.152. The molecule has 1 heterocycles. The van der Waals surface area contributed by atoms with Gasteiger partial charge in [-0.1, -0.05) is 68.7 Å². The van der Waals surface area contributed by atoms with Crippen LogP contribution in [-0.4, -0.2) is 22.3 Å². The van der Waals surface area contributed by atoms with Crippen molar-refractivity contribution in [2.45, 2.75) is 58.0 Å². The summed E-state index contributed by atoms with van der Waals surface area (Å²) in [4.78, 5) is 10.3. The van der Waals surface area contributed by atoms with E-state index in [4.69, 9.17) is 9.84 Å². The predicted octanol–water partition coefficient (Wildman–Crippen LogP) is 5.21. The zero-order chi connectivity index (χ0) is 19.0. The highest BCUT2D eigenvalue weighted by atomic mass is 16.6. The predicted molar refractivity (Wildman–Crippen MR) is 105 cm³/mol. The van der Waals surface area contributed by atoms with E-state index < -0.39 is 5.97 Å². The van der Waals surface area contributed by atoms with Crippen molar-refractivity contribution >= 4 is 5.97 Å². The molecule has 0 amide bonds. The molecule has 1 aliphatic rings. The van der Waals surface area contributed by atoms with Crippen molar-refractivity contribution in [1.29, 1.82) is 0 Å². The molecule has 0 aromatic heterocycles. The molecule has 0 aliphatic carbocycles. The monoisotopic (exact) mass is 358 g/mol. The maximum Gasteiger partial charge on any atom is 0.328 e. The van der Waals surface area contributed by atoms with Crippen molar-refractivity contribution in [3.63, 3.8) is 0 Å². The van der Waals surface area contributed by atoms with Crippen LogP contribution in [0.2, 0.25) is 0 Å². The molecule has 0 radical (unpaired) electrons. The maximum atomic E-state index is 10.3. The molecule has 0 unspecified atom stereocenters. The van der Waals surface area contributed by atoms with Crippen molar-refractivity contribution in [3.8, 4) is 0 Å². The van der Waals surface area contributed by atoms with Gasteiger partial charge in [-0.25, -0.2) is 4.79 Å². The van der Waals surface area contributed by atoms with Crippen LogP contribution in [0.5, 0.6) is 0 Å². The van der Waals surface area contributed by atoms with Gasteiger partial charge < -0.3 is 14.9 Å². The number of hydrogen-bond donors (Lipinski definition) is 2. The van der Waals surface area contributed by atoms with Gasteiger partial charge in [-0.05, 0) is 37.8 Å². The van der Waals surface area contributed by atoms with Gasteiger partial charge in [-0.3, -0.25) is 0 Å². The van der Waals surface area contributed by atoms with Crippen LogP contribution in [0, 0.1) is 0 Å². The molecular weight excluding hydrogens is 328 g/mol. The quantitative estimate of drug-likeness (QED) is 0.205. The summed E-state index contributed by atoms with van der Waals surface area (Å²) in [6.07, 6.45) is 24.7. The maximum absolute atomic E-state index is 10.3. The molecule has 4 nitrogen and oxygen atoms in total. The standard InChI is InChI=1S/C22H30O4/c1-2-3-9-14-19(23)15-10-6-4-5-7-11-16-20-21(26-20)17-12-8-13-18-22(24)25/h4-5,7-8,11-13,16-19,23H,2-3,6,9-10,14-15H2,1H3,(H,24,25)/t19-/m0/s1. The molecule has 1 rings (SSSR count). The van der Waals surface area contributed by atoms with Gasteiger partial charge in [0.05, 0.1) is 6.10 Å². The summed E-state index contributed by atoms with van der Waals surface area (Å²) in [5.41, 5.74) is 0. The molecule has 1 aliphatic heterocycles. The van der Waals surface area contributed by atoms with Gasteiger partial charge in [0.2, 0.25) is 0 Å². The Hall–Kier alpha value is -2.33. The number of carbonyl (C=O) groups is 1. The van der Waals surface area contributed by atoms with Gasteiger partial charge in [-0.2, -0.15) is 0 Å².